The van der Waals surface area contributed by atoms with Crippen molar-refractivity contribution in [2.24, 2.45) is 5.92 Å². The number of carbonyl (C=O) groups is 2. The largest absolute Gasteiger partial charge is 0.481 e. The zero-order valence-electron chi connectivity index (χ0n) is 19.0. The first-order valence-electron chi connectivity index (χ1n) is 10.7. The van der Waals surface area contributed by atoms with Gasteiger partial charge >= 0.3 is 11.9 Å². The molecule has 0 rings (SSSR count). The molecule has 0 aromatic heterocycles. The topological polar surface area (TPSA) is 124 Å². The summed E-state index contributed by atoms with van der Waals surface area (Å²) in [5, 5.41) is 38.0. The Balaban J connectivity index is 4.38. The lowest BCUT2D eigenvalue weighted by atomic mass is 9.99. The van der Waals surface area contributed by atoms with Crippen molar-refractivity contribution in [3.63, 3.8) is 0 Å². The number of hydrogen-bond donors (Lipinski definition) is 4. The van der Waals surface area contributed by atoms with Gasteiger partial charge in [-0.25, -0.2) is 0 Å². The minimum absolute atomic E-state index is 0.126. The molecular weight excluding hydrogens is 400 g/mol. The monoisotopic (exact) mass is 438 g/mol. The Bertz CT molecular complexity index is 648. The lowest BCUT2D eigenvalue weighted by Crippen LogP contribution is -2.23. The molecule has 176 valence electrons. The predicted octanol–water partition coefficient (Wildman–Crippen LogP) is 3.31. The van der Waals surface area contributed by atoms with E-state index in [0.29, 0.717) is 19.3 Å². The van der Waals surface area contributed by atoms with Crippen molar-refractivity contribution < 1.29 is 34.8 Å². The molecule has 0 bridgehead atoms. The number of ether oxygens (including phenoxy) is 1. The van der Waals surface area contributed by atoms with E-state index in [-0.39, 0.29) is 18.8 Å². The summed E-state index contributed by atoms with van der Waals surface area (Å²) in [6, 6.07) is 0. The van der Waals surface area contributed by atoms with Crippen molar-refractivity contribution in [1.82, 2.24) is 0 Å². The molecule has 0 aliphatic rings. The molecule has 0 spiro atoms. The smallest absolute Gasteiger partial charge is 0.306 e. The van der Waals surface area contributed by atoms with Gasteiger partial charge in [0.15, 0.2) is 0 Å². The predicted molar refractivity (Wildman–Crippen MR) is 120 cm³/mol. The SMILES string of the molecule is CC[C@H](O)[C@H](O)C/C=C/C=C/C=C/C[C@H](O)/C(C)=C/[C@@H](C)[C@@H](C)OC(=O)CCC(=O)O. The van der Waals surface area contributed by atoms with Gasteiger partial charge in [-0.15, -0.1) is 0 Å². The van der Waals surface area contributed by atoms with Gasteiger partial charge in [0.05, 0.1) is 31.2 Å². The summed E-state index contributed by atoms with van der Waals surface area (Å²) in [6.07, 6.45) is 11.0. The van der Waals surface area contributed by atoms with Gasteiger partial charge in [0.25, 0.3) is 0 Å². The molecule has 4 N–H and O–H groups in total. The number of hydrogen-bond acceptors (Lipinski definition) is 6. The van der Waals surface area contributed by atoms with Crippen LogP contribution in [0.25, 0.3) is 0 Å². The van der Waals surface area contributed by atoms with E-state index in [1.807, 2.05) is 45.1 Å². The standard InChI is InChI=1S/C24H38O7/c1-5-20(25)22(27)13-11-9-7-6-8-10-12-21(26)18(3)16-17(2)19(4)31-24(30)15-14-23(28)29/h6-11,16-17,19-22,25-27H,5,12-15H2,1-4H3,(H,28,29)/b7-6+,10-8+,11-9+,18-16+/t17-,19-,20+,21+,22-/m1/s1. The van der Waals surface area contributed by atoms with Crippen LogP contribution in [0.4, 0.5) is 0 Å². The van der Waals surface area contributed by atoms with Crippen LogP contribution in [0.5, 0.6) is 0 Å². The van der Waals surface area contributed by atoms with Crippen molar-refractivity contribution in [2.45, 2.75) is 84.2 Å². The summed E-state index contributed by atoms with van der Waals surface area (Å²) in [7, 11) is 0. The summed E-state index contributed by atoms with van der Waals surface area (Å²) < 4.78 is 5.23. The normalized spacial score (nSPS) is 17.7. The molecule has 0 aliphatic carbocycles. The maximum atomic E-state index is 11.6. The molecule has 0 aromatic rings. The fourth-order valence-electron chi connectivity index (χ4n) is 2.57. The molecule has 0 unspecified atom stereocenters. The van der Waals surface area contributed by atoms with Crippen molar-refractivity contribution >= 4 is 11.9 Å². The highest BCUT2D eigenvalue weighted by molar-refractivity contribution is 5.76. The van der Waals surface area contributed by atoms with E-state index in [9.17, 15) is 24.9 Å². The van der Waals surface area contributed by atoms with Crippen molar-refractivity contribution in [2.75, 3.05) is 0 Å². The van der Waals surface area contributed by atoms with E-state index >= 15 is 0 Å². The minimum Gasteiger partial charge on any atom is -0.481 e. The first-order valence-corrected chi connectivity index (χ1v) is 10.7. The summed E-state index contributed by atoms with van der Waals surface area (Å²) >= 11 is 0. The minimum atomic E-state index is -1.04. The number of carboxylic acid groups (broad SMARTS) is 1. The van der Waals surface area contributed by atoms with Gasteiger partial charge in [-0.1, -0.05) is 56.4 Å². The van der Waals surface area contributed by atoms with Crippen molar-refractivity contribution in [1.29, 1.82) is 0 Å². The Morgan fingerprint density at radius 1 is 0.903 bits per heavy atom. The number of allylic oxidation sites excluding steroid dienone is 4. The molecule has 0 radical (unpaired) electrons. The Morgan fingerprint density at radius 2 is 1.48 bits per heavy atom. The van der Waals surface area contributed by atoms with Gasteiger partial charge in [0, 0.05) is 5.92 Å². The lowest BCUT2D eigenvalue weighted by molar-refractivity contribution is -0.152. The lowest BCUT2D eigenvalue weighted by Gasteiger charge is -2.19. The molecule has 31 heavy (non-hydrogen) atoms. The van der Waals surface area contributed by atoms with Gasteiger partial charge in [-0.2, -0.15) is 0 Å². The van der Waals surface area contributed by atoms with Gasteiger partial charge in [-0.3, -0.25) is 9.59 Å². The highest BCUT2D eigenvalue weighted by atomic mass is 16.5. The second-order valence-corrected chi connectivity index (χ2v) is 7.63. The van der Waals surface area contributed by atoms with Crippen LogP contribution >= 0.6 is 0 Å². The van der Waals surface area contributed by atoms with E-state index in [4.69, 9.17) is 9.84 Å². The summed E-state index contributed by atoms with van der Waals surface area (Å²) in [5.41, 5.74) is 0.762. The second-order valence-electron chi connectivity index (χ2n) is 7.63. The molecular formula is C24H38O7. The summed E-state index contributed by atoms with van der Waals surface area (Å²) in [4.78, 5) is 22.1. The highest BCUT2D eigenvalue weighted by Crippen LogP contribution is 2.16. The molecule has 0 saturated carbocycles. The quantitative estimate of drug-likeness (QED) is 0.176. The van der Waals surface area contributed by atoms with E-state index < -0.39 is 36.4 Å². The molecule has 0 heterocycles. The molecule has 7 nitrogen and oxygen atoms in total. The molecule has 0 aliphatic heterocycles. The number of esters is 1. The van der Waals surface area contributed by atoms with Gasteiger partial charge < -0.3 is 25.2 Å². The van der Waals surface area contributed by atoms with Gasteiger partial charge in [0.1, 0.15) is 6.10 Å². The number of aliphatic hydroxyl groups is 3. The first-order chi connectivity index (χ1) is 14.6. The van der Waals surface area contributed by atoms with Crippen molar-refractivity contribution in [3.8, 4) is 0 Å². The van der Waals surface area contributed by atoms with Crippen LogP contribution in [-0.2, 0) is 14.3 Å². The van der Waals surface area contributed by atoms with Crippen LogP contribution < -0.4 is 0 Å². The summed E-state index contributed by atoms with van der Waals surface area (Å²) in [5.74, 6) is -1.71. The first kappa shape index (κ1) is 28.8. The van der Waals surface area contributed by atoms with E-state index in [1.165, 1.54) is 0 Å². The molecule has 0 amide bonds. The average Bonchev–Trinajstić information content (AvgIpc) is 2.72. The third-order valence-electron chi connectivity index (χ3n) is 4.86. The van der Waals surface area contributed by atoms with Crippen LogP contribution in [0.3, 0.4) is 0 Å². The number of aliphatic carboxylic acids is 1. The van der Waals surface area contributed by atoms with Gasteiger partial charge in [0.2, 0.25) is 0 Å². The maximum Gasteiger partial charge on any atom is 0.306 e. The Labute approximate surface area is 185 Å². The fourth-order valence-corrected chi connectivity index (χ4v) is 2.57. The Kier molecular flexibility index (Phi) is 15.3. The van der Waals surface area contributed by atoms with Crippen LogP contribution in [0.2, 0.25) is 0 Å². The van der Waals surface area contributed by atoms with Crippen LogP contribution in [-0.4, -0.2) is 56.8 Å². The third-order valence-corrected chi connectivity index (χ3v) is 4.86. The highest BCUT2D eigenvalue weighted by Gasteiger charge is 2.17. The van der Waals surface area contributed by atoms with E-state index in [1.54, 1.807) is 25.2 Å². The van der Waals surface area contributed by atoms with E-state index in [2.05, 4.69) is 0 Å². The second kappa shape index (κ2) is 16.5. The Morgan fingerprint density at radius 3 is 2.03 bits per heavy atom. The number of rotatable bonds is 15. The molecule has 7 heteroatoms. The third kappa shape index (κ3) is 14.4. The molecule has 0 saturated heterocycles. The number of carbonyl (C=O) groups excluding carboxylic acids is 1. The molecule has 0 fully saturated rings. The van der Waals surface area contributed by atoms with Gasteiger partial charge in [-0.05, 0) is 38.7 Å². The van der Waals surface area contributed by atoms with E-state index in [0.717, 1.165) is 5.57 Å². The van der Waals surface area contributed by atoms with Crippen LogP contribution in [0.15, 0.2) is 48.1 Å². The fraction of sp³-hybridized carbons (Fsp3) is 0.583. The average molecular weight is 439 g/mol. The zero-order chi connectivity index (χ0) is 23.8. The van der Waals surface area contributed by atoms with Crippen molar-refractivity contribution in [3.05, 3.63) is 48.1 Å². The zero-order valence-corrected chi connectivity index (χ0v) is 19.0. The molecule has 0 aromatic carbocycles. The Hall–Kier alpha value is -2.22. The maximum absolute atomic E-state index is 11.6. The van der Waals surface area contributed by atoms with Crippen LogP contribution in [0.1, 0.15) is 59.8 Å². The summed E-state index contributed by atoms with van der Waals surface area (Å²) in [6.45, 7) is 7.23. The number of aliphatic hydroxyl groups excluding tert-OH is 3. The molecule has 5 atom stereocenters. The number of carboxylic acids is 1. The van der Waals surface area contributed by atoms with Crippen LogP contribution in [0, 0.1) is 5.92 Å².